The van der Waals surface area contributed by atoms with Gasteiger partial charge in [0.25, 0.3) is 0 Å². The van der Waals surface area contributed by atoms with Gasteiger partial charge in [0.1, 0.15) is 6.33 Å². The molecule has 0 saturated heterocycles. The Morgan fingerprint density at radius 3 is 3.18 bits per heavy atom. The van der Waals surface area contributed by atoms with Gasteiger partial charge in [-0.2, -0.15) is 9.61 Å². The van der Waals surface area contributed by atoms with Crippen molar-refractivity contribution in [3.05, 3.63) is 18.1 Å². The van der Waals surface area contributed by atoms with Crippen LogP contribution in [0.3, 0.4) is 0 Å². The second-order valence-corrected chi connectivity index (χ2v) is 2.34. The van der Waals surface area contributed by atoms with Crippen LogP contribution in [-0.4, -0.2) is 19.8 Å². The van der Waals surface area contributed by atoms with E-state index in [1.807, 2.05) is 6.92 Å². The monoisotopic (exact) mass is 149 g/mol. The molecule has 0 aliphatic heterocycles. The van der Waals surface area contributed by atoms with Gasteiger partial charge in [-0.15, -0.1) is 10.2 Å². The maximum Gasteiger partial charge on any atom is 0.200 e. The van der Waals surface area contributed by atoms with Crippen LogP contribution < -0.4 is 5.73 Å². The lowest BCUT2D eigenvalue weighted by Crippen LogP contribution is -1.98. The van der Waals surface area contributed by atoms with E-state index in [-0.39, 0.29) is 0 Å². The van der Waals surface area contributed by atoms with E-state index >= 15 is 0 Å². The van der Waals surface area contributed by atoms with Crippen molar-refractivity contribution in [1.29, 1.82) is 0 Å². The highest BCUT2D eigenvalue weighted by Gasteiger charge is 2.00. The van der Waals surface area contributed by atoms with Gasteiger partial charge in [-0.25, -0.2) is 0 Å². The molecule has 5 heteroatoms. The molecule has 0 aliphatic carbocycles. The van der Waals surface area contributed by atoms with E-state index in [9.17, 15) is 0 Å². The Morgan fingerprint density at radius 2 is 2.36 bits per heavy atom. The molecule has 0 radical (unpaired) electrons. The molecule has 0 saturated carbocycles. The SMILES string of the molecule is Cc1cc(N)c2nncn2n1. The van der Waals surface area contributed by atoms with Gasteiger partial charge < -0.3 is 5.73 Å². The number of nitrogens with two attached hydrogens (primary N) is 1. The third kappa shape index (κ3) is 0.813. The molecule has 0 atom stereocenters. The van der Waals surface area contributed by atoms with Crippen molar-refractivity contribution in [2.24, 2.45) is 0 Å². The Morgan fingerprint density at radius 1 is 1.55 bits per heavy atom. The Balaban J connectivity index is 2.91. The average Bonchev–Trinajstić information content (AvgIpc) is 2.34. The molecular formula is C6H7N5. The van der Waals surface area contributed by atoms with Crippen LogP contribution in [0.1, 0.15) is 5.69 Å². The Bertz CT molecular complexity index is 391. The molecular weight excluding hydrogens is 142 g/mol. The summed E-state index contributed by atoms with van der Waals surface area (Å²) in [7, 11) is 0. The Labute approximate surface area is 62.9 Å². The lowest BCUT2D eigenvalue weighted by Gasteiger charge is -1.96. The fraction of sp³-hybridized carbons (Fsp3) is 0.167. The largest absolute Gasteiger partial charge is 0.396 e. The Kier molecular flexibility index (Phi) is 1.06. The third-order valence-corrected chi connectivity index (χ3v) is 1.42. The van der Waals surface area contributed by atoms with Crippen LogP contribution in [0, 0.1) is 6.92 Å². The maximum atomic E-state index is 5.64. The fourth-order valence-corrected chi connectivity index (χ4v) is 0.982. The van der Waals surface area contributed by atoms with Crippen molar-refractivity contribution in [1.82, 2.24) is 19.8 Å². The maximum absolute atomic E-state index is 5.64. The van der Waals surface area contributed by atoms with Crippen molar-refractivity contribution in [2.75, 3.05) is 5.73 Å². The first-order valence-electron chi connectivity index (χ1n) is 3.20. The van der Waals surface area contributed by atoms with Gasteiger partial charge >= 0.3 is 0 Å². The quantitative estimate of drug-likeness (QED) is 0.573. The summed E-state index contributed by atoms with van der Waals surface area (Å²) in [5.74, 6) is 0. The minimum Gasteiger partial charge on any atom is -0.396 e. The van der Waals surface area contributed by atoms with Crippen LogP contribution in [0.5, 0.6) is 0 Å². The molecule has 0 spiro atoms. The second kappa shape index (κ2) is 1.91. The summed E-state index contributed by atoms with van der Waals surface area (Å²) >= 11 is 0. The molecule has 2 rings (SSSR count). The number of nitrogens with zero attached hydrogens (tertiary/aromatic N) is 4. The highest BCUT2D eigenvalue weighted by atomic mass is 15.3. The molecule has 0 aliphatic rings. The predicted molar refractivity (Wildman–Crippen MR) is 39.9 cm³/mol. The smallest absolute Gasteiger partial charge is 0.200 e. The zero-order chi connectivity index (χ0) is 7.84. The summed E-state index contributed by atoms with van der Waals surface area (Å²) in [4.78, 5) is 0. The molecule has 0 aromatic carbocycles. The minimum absolute atomic E-state index is 0.606. The summed E-state index contributed by atoms with van der Waals surface area (Å²) in [6, 6.07) is 1.77. The van der Waals surface area contributed by atoms with Gasteiger partial charge in [0.2, 0.25) is 0 Å². The normalized spacial score (nSPS) is 10.6. The molecule has 2 aromatic heterocycles. The predicted octanol–water partition coefficient (Wildman–Crippen LogP) is 0.0149. The highest BCUT2D eigenvalue weighted by molar-refractivity contribution is 5.62. The molecule has 5 nitrogen and oxygen atoms in total. The molecule has 0 unspecified atom stereocenters. The van der Waals surface area contributed by atoms with Gasteiger partial charge in [0.05, 0.1) is 11.4 Å². The highest BCUT2D eigenvalue weighted by Crippen LogP contribution is 2.08. The molecule has 2 N–H and O–H groups in total. The van der Waals surface area contributed by atoms with Crippen LogP contribution in [0.25, 0.3) is 5.65 Å². The van der Waals surface area contributed by atoms with E-state index in [1.54, 1.807) is 10.6 Å². The minimum atomic E-state index is 0.606. The molecule has 0 amide bonds. The van der Waals surface area contributed by atoms with Gasteiger partial charge in [0.15, 0.2) is 5.65 Å². The van der Waals surface area contributed by atoms with Crippen LogP contribution in [0.2, 0.25) is 0 Å². The molecule has 2 heterocycles. The Hall–Kier alpha value is -1.65. The van der Waals surface area contributed by atoms with Crippen LogP contribution in [-0.2, 0) is 0 Å². The van der Waals surface area contributed by atoms with Crippen molar-refractivity contribution in [3.63, 3.8) is 0 Å². The van der Waals surface area contributed by atoms with Gasteiger partial charge in [-0.1, -0.05) is 0 Å². The van der Waals surface area contributed by atoms with E-state index in [1.165, 1.54) is 6.33 Å². The number of hydrogen-bond donors (Lipinski definition) is 1. The van der Waals surface area contributed by atoms with Crippen LogP contribution in [0.15, 0.2) is 12.4 Å². The summed E-state index contributed by atoms with van der Waals surface area (Å²) < 4.78 is 1.56. The molecule has 2 aromatic rings. The first-order chi connectivity index (χ1) is 5.27. The van der Waals surface area contributed by atoms with Crippen molar-refractivity contribution < 1.29 is 0 Å². The third-order valence-electron chi connectivity index (χ3n) is 1.42. The van der Waals surface area contributed by atoms with Gasteiger partial charge in [-0.05, 0) is 13.0 Å². The standard InChI is InChI=1S/C6H7N5/c1-4-2-5(7)6-9-8-3-11(6)10-4/h2-3H,7H2,1H3. The van der Waals surface area contributed by atoms with Crippen LogP contribution in [0.4, 0.5) is 5.69 Å². The molecule has 0 fully saturated rings. The summed E-state index contributed by atoms with van der Waals surface area (Å²) in [5.41, 5.74) is 7.71. The lowest BCUT2D eigenvalue weighted by atomic mass is 10.4. The van der Waals surface area contributed by atoms with E-state index in [2.05, 4.69) is 15.3 Å². The number of anilines is 1. The number of aryl methyl sites for hydroxylation is 1. The van der Waals surface area contributed by atoms with Crippen molar-refractivity contribution in [2.45, 2.75) is 6.92 Å². The zero-order valence-electron chi connectivity index (χ0n) is 6.02. The zero-order valence-corrected chi connectivity index (χ0v) is 6.02. The number of rotatable bonds is 0. The van der Waals surface area contributed by atoms with Gasteiger partial charge in [-0.3, -0.25) is 0 Å². The lowest BCUT2D eigenvalue weighted by molar-refractivity contribution is 0.895. The summed E-state index contributed by atoms with van der Waals surface area (Å²) in [6.07, 6.45) is 1.53. The average molecular weight is 149 g/mol. The second-order valence-electron chi connectivity index (χ2n) is 2.34. The van der Waals surface area contributed by atoms with Gasteiger partial charge in [0, 0.05) is 0 Å². The number of fused-ring (bicyclic) bond motifs is 1. The van der Waals surface area contributed by atoms with E-state index < -0.39 is 0 Å². The topological polar surface area (TPSA) is 69.1 Å². The van der Waals surface area contributed by atoms with Crippen LogP contribution >= 0.6 is 0 Å². The number of aromatic nitrogens is 4. The summed E-state index contributed by atoms with van der Waals surface area (Å²) in [6.45, 7) is 1.87. The van der Waals surface area contributed by atoms with E-state index in [4.69, 9.17) is 5.73 Å². The van der Waals surface area contributed by atoms with E-state index in [0.717, 1.165) is 5.69 Å². The first-order valence-corrected chi connectivity index (χ1v) is 3.20. The van der Waals surface area contributed by atoms with Crippen molar-refractivity contribution in [3.8, 4) is 0 Å². The number of hydrogen-bond acceptors (Lipinski definition) is 4. The summed E-state index contributed by atoms with van der Waals surface area (Å²) in [5, 5.41) is 11.6. The number of nitrogen functional groups attached to an aromatic ring is 1. The van der Waals surface area contributed by atoms with E-state index in [0.29, 0.717) is 11.3 Å². The fourth-order valence-electron chi connectivity index (χ4n) is 0.982. The first kappa shape index (κ1) is 6.09. The molecule has 11 heavy (non-hydrogen) atoms. The molecule has 56 valence electrons. The van der Waals surface area contributed by atoms with Crippen molar-refractivity contribution >= 4 is 11.3 Å². The molecule has 0 bridgehead atoms.